The Bertz CT molecular complexity index is 1170. The number of carboxylic acids is 2. The molecule has 0 heterocycles. The van der Waals surface area contributed by atoms with Crippen molar-refractivity contribution in [1.82, 2.24) is 8.61 Å². The van der Waals surface area contributed by atoms with Gasteiger partial charge in [-0.05, 0) is 74.2 Å². The van der Waals surface area contributed by atoms with Crippen molar-refractivity contribution < 1.29 is 53.1 Å². The molecule has 0 aliphatic heterocycles. The number of hydrogen-bond acceptors (Lipinski definition) is 6. The van der Waals surface area contributed by atoms with Gasteiger partial charge in [-0.3, -0.25) is 0 Å². The van der Waals surface area contributed by atoms with E-state index < -0.39 is 48.5 Å². The molecule has 2 aromatic carbocycles. The summed E-state index contributed by atoms with van der Waals surface area (Å²) >= 11 is -0.472. The Kier molecular flexibility index (Phi) is 25.3. The Labute approximate surface area is 272 Å². The van der Waals surface area contributed by atoms with E-state index in [1.54, 1.807) is 0 Å². The van der Waals surface area contributed by atoms with Crippen molar-refractivity contribution in [3.63, 3.8) is 0 Å². The molecular weight excluding hydrogens is 826 g/mol. The largest absolute Gasteiger partial charge is 0.693 e. The van der Waals surface area contributed by atoms with Crippen LogP contribution in [-0.4, -0.2) is 73.8 Å². The fourth-order valence-electron chi connectivity index (χ4n) is 3.54. The van der Waals surface area contributed by atoms with Crippen LogP contribution in [0.2, 0.25) is 0 Å². The molecule has 0 aliphatic rings. The summed E-state index contributed by atoms with van der Waals surface area (Å²) < 4.78 is 52.4. The number of benzene rings is 2. The zero-order chi connectivity index (χ0) is 31.6. The second-order valence-electron chi connectivity index (χ2n) is 8.51. The molecule has 0 unspecified atom stereocenters. The molecule has 0 saturated heterocycles. The van der Waals surface area contributed by atoms with Gasteiger partial charge in [-0.2, -0.15) is 8.61 Å². The quantitative estimate of drug-likeness (QED) is 0.197. The van der Waals surface area contributed by atoms with E-state index in [0.717, 1.165) is 25.7 Å². The molecule has 0 bridgehead atoms. The predicted octanol–water partition coefficient (Wildman–Crippen LogP) is 7.20. The van der Waals surface area contributed by atoms with Gasteiger partial charge in [-0.15, -0.1) is 0 Å². The van der Waals surface area contributed by atoms with Gasteiger partial charge in [0, 0.05) is 26.2 Å². The molecular formula is C26H42Cl2N4O8PtS2. The molecule has 2 aromatic rings. The smallest absolute Gasteiger partial charge is 0.693 e. The maximum Gasteiger partial charge on any atom is -0.693 e. The molecule has 0 aliphatic carbocycles. The van der Waals surface area contributed by atoms with Gasteiger partial charge in [-0.1, -0.05) is 27.7 Å². The average Bonchev–Trinajstić information content (AvgIpc) is 2.93. The maximum absolute atomic E-state index is 12.4. The molecule has 0 saturated carbocycles. The first kappa shape index (κ1) is 45.8. The van der Waals surface area contributed by atoms with Crippen LogP contribution in [-0.2, 0) is 36.5 Å². The van der Waals surface area contributed by atoms with Crippen LogP contribution in [0, 0.1) is 0 Å². The van der Waals surface area contributed by atoms with Gasteiger partial charge in [0.05, 0.1) is 20.9 Å². The van der Waals surface area contributed by atoms with Gasteiger partial charge < -0.3 is 22.5 Å². The van der Waals surface area contributed by atoms with E-state index in [1.807, 2.05) is 27.7 Å². The monoisotopic (exact) mass is 867 g/mol. The summed E-state index contributed by atoms with van der Waals surface area (Å²) in [5.74, 6) is -2.13. The topological polar surface area (TPSA) is 216 Å². The average molecular weight is 869 g/mol. The van der Waals surface area contributed by atoms with E-state index in [1.165, 1.54) is 57.1 Å². The fraction of sp³-hybridized carbons (Fsp3) is 0.462. The number of halogens is 2. The van der Waals surface area contributed by atoms with Crippen molar-refractivity contribution in [3.05, 3.63) is 72.0 Å². The van der Waals surface area contributed by atoms with Crippen molar-refractivity contribution in [2.24, 2.45) is 0 Å². The van der Waals surface area contributed by atoms with E-state index in [-0.39, 0.29) is 33.2 Å². The van der Waals surface area contributed by atoms with E-state index in [9.17, 15) is 26.4 Å². The van der Waals surface area contributed by atoms with Gasteiger partial charge in [0.1, 0.15) is 0 Å². The van der Waals surface area contributed by atoms with Gasteiger partial charge in [-0.25, -0.2) is 26.4 Å². The minimum atomic E-state index is -3.53. The zero-order valence-electron chi connectivity index (χ0n) is 24.6. The zero-order valence-corrected chi connectivity index (χ0v) is 30.0. The molecule has 43 heavy (non-hydrogen) atoms. The Morgan fingerprint density at radius 2 is 0.814 bits per heavy atom. The Balaban J connectivity index is -0.000000653. The van der Waals surface area contributed by atoms with Gasteiger partial charge >= 0.3 is 47.3 Å². The summed E-state index contributed by atoms with van der Waals surface area (Å²) in [5.41, 5.74) is 0.160. The van der Waals surface area contributed by atoms with Crippen LogP contribution in [0.5, 0.6) is 0 Å². The van der Waals surface area contributed by atoms with Crippen molar-refractivity contribution in [2.75, 3.05) is 26.2 Å². The van der Waals surface area contributed by atoms with Crippen LogP contribution in [0.1, 0.15) is 74.1 Å². The first-order chi connectivity index (χ1) is 19.3. The minimum absolute atomic E-state index is 0. The molecule has 2 rings (SSSR count). The number of nitrogens with two attached hydrogens (primary N) is 2. The number of nitrogens with zero attached hydrogens (tertiary/aromatic N) is 2. The number of aromatic carboxylic acids is 2. The summed E-state index contributed by atoms with van der Waals surface area (Å²) in [5, 5.41) is 17.6. The van der Waals surface area contributed by atoms with Gasteiger partial charge in [0.2, 0.25) is 20.0 Å². The van der Waals surface area contributed by atoms with Crippen LogP contribution in [0.25, 0.3) is 12.3 Å². The third-order valence-electron chi connectivity index (χ3n) is 5.37. The van der Waals surface area contributed by atoms with E-state index in [4.69, 9.17) is 29.0 Å². The second-order valence-corrected chi connectivity index (χ2v) is 15.7. The van der Waals surface area contributed by atoms with Crippen LogP contribution < -0.4 is 0 Å². The normalized spacial score (nSPS) is 10.9. The molecule has 0 amide bonds. The summed E-state index contributed by atoms with van der Waals surface area (Å²) in [4.78, 5) is 21.8. The van der Waals surface area contributed by atoms with Crippen LogP contribution in [0.4, 0.5) is 0 Å². The molecule has 0 spiro atoms. The van der Waals surface area contributed by atoms with E-state index in [0.29, 0.717) is 26.2 Å². The summed E-state index contributed by atoms with van der Waals surface area (Å²) in [6.45, 7) is 9.57. The number of rotatable bonds is 14. The van der Waals surface area contributed by atoms with Crippen LogP contribution >= 0.6 is 18.8 Å². The third-order valence-corrected chi connectivity index (χ3v) is 9.20. The third kappa shape index (κ3) is 15.3. The molecule has 0 fully saturated rings. The van der Waals surface area contributed by atoms with Crippen LogP contribution in [0.3, 0.4) is 0 Å². The van der Waals surface area contributed by atoms with Gasteiger partial charge in [0.25, 0.3) is 0 Å². The van der Waals surface area contributed by atoms with E-state index >= 15 is 0 Å². The number of carbonyl (C=O) groups is 2. The second kappa shape index (κ2) is 23.7. The Hall–Kier alpha value is -1.61. The molecule has 0 aromatic heterocycles. The van der Waals surface area contributed by atoms with Crippen molar-refractivity contribution in [3.8, 4) is 0 Å². The SMILES string of the molecule is CCCN(CCC)S(=O)(=O)c1ccc(C(=O)O)cc1.CCCN(CCC)S(=O)(=O)c1ccc(C(=O)O)cc1.[Cl][Pt+2][Cl].[NH2-].[NH2-]. The summed E-state index contributed by atoms with van der Waals surface area (Å²) in [7, 11) is 2.70. The number of hydrogen-bond donors (Lipinski definition) is 2. The summed E-state index contributed by atoms with van der Waals surface area (Å²) in [6.07, 6.45) is 2.97. The van der Waals surface area contributed by atoms with E-state index in [2.05, 4.69) is 0 Å². The van der Waals surface area contributed by atoms with Gasteiger partial charge in [0.15, 0.2) is 0 Å². The summed E-state index contributed by atoms with van der Waals surface area (Å²) in [6, 6.07) is 10.6. The molecule has 0 radical (unpaired) electrons. The predicted molar refractivity (Wildman–Crippen MR) is 168 cm³/mol. The molecule has 17 heteroatoms. The first-order valence-corrected chi connectivity index (χ1v) is 21.3. The first-order valence-electron chi connectivity index (χ1n) is 12.8. The molecule has 250 valence electrons. The maximum atomic E-state index is 12.4. The molecule has 0 atom stereocenters. The van der Waals surface area contributed by atoms with Crippen molar-refractivity contribution in [1.29, 1.82) is 0 Å². The van der Waals surface area contributed by atoms with Crippen molar-refractivity contribution >= 4 is 50.8 Å². The standard InChI is InChI=1S/2C13H19NO4S.2ClH.2H2N.Pt/c2*1-3-9-14(10-4-2)19(17,18)12-7-5-11(6-8-12)13(15)16;;;;;/h2*5-8H,3-4,9-10H2,1-2H3,(H,15,16);2*1H;2*1H2;/q;;;;2*-1;+4/p-2. The molecule has 6 N–H and O–H groups in total. The number of sulfonamides is 2. The molecule has 12 nitrogen and oxygen atoms in total. The van der Waals surface area contributed by atoms with Crippen molar-refractivity contribution in [2.45, 2.75) is 63.2 Å². The van der Waals surface area contributed by atoms with Crippen LogP contribution in [0.15, 0.2) is 58.3 Å². The fourth-order valence-corrected chi connectivity index (χ4v) is 6.79. The Morgan fingerprint density at radius 1 is 0.605 bits per heavy atom. The number of carboxylic acid groups (broad SMARTS) is 2. The minimum Gasteiger partial charge on any atom is -0.693 e. The Morgan fingerprint density at radius 3 is 0.977 bits per heavy atom.